The lowest BCUT2D eigenvalue weighted by Crippen LogP contribution is -2.44. The van der Waals surface area contributed by atoms with E-state index in [0.717, 1.165) is 6.08 Å². The van der Waals surface area contributed by atoms with E-state index in [1.807, 2.05) is 0 Å². The van der Waals surface area contributed by atoms with Gasteiger partial charge in [-0.05, 0) is 28.1 Å². The zero-order valence-electron chi connectivity index (χ0n) is 5.34. The molecule has 0 amide bonds. The van der Waals surface area contributed by atoms with Crippen LogP contribution in [0.3, 0.4) is 0 Å². The summed E-state index contributed by atoms with van der Waals surface area (Å²) in [6.07, 6.45) is 3.51. The van der Waals surface area contributed by atoms with Crippen molar-refractivity contribution in [1.82, 2.24) is 5.32 Å². The molecule has 0 saturated heterocycles. The lowest BCUT2D eigenvalue weighted by molar-refractivity contribution is -0.148. The largest absolute Gasteiger partial charge is 0.477 e. The minimum Gasteiger partial charge on any atom is -0.477 e. The van der Waals surface area contributed by atoms with Crippen molar-refractivity contribution in [3.63, 3.8) is 0 Å². The van der Waals surface area contributed by atoms with E-state index in [0.29, 0.717) is 4.48 Å². The van der Waals surface area contributed by atoms with E-state index in [1.165, 1.54) is 12.3 Å². The van der Waals surface area contributed by atoms with Crippen molar-refractivity contribution >= 4 is 21.9 Å². The number of carboxylic acids is 1. The molecule has 0 saturated carbocycles. The van der Waals surface area contributed by atoms with E-state index >= 15 is 0 Å². The zero-order valence-corrected chi connectivity index (χ0v) is 6.93. The van der Waals surface area contributed by atoms with Crippen LogP contribution in [0.25, 0.3) is 0 Å². The molecule has 1 rings (SSSR count). The number of hydrogen-bond donors (Lipinski definition) is 2. The number of aliphatic carboxylic acids is 1. The van der Waals surface area contributed by atoms with Crippen LogP contribution >= 0.6 is 15.9 Å². The smallest absolute Gasteiger partial charge is 0.366 e. The highest BCUT2D eigenvalue weighted by atomic mass is 79.9. The molecule has 11 heavy (non-hydrogen) atoms. The summed E-state index contributed by atoms with van der Waals surface area (Å²) in [5, 5.41) is 10.4. The summed E-state index contributed by atoms with van der Waals surface area (Å²) in [4.78, 5) is 10.2. The third-order valence-corrected chi connectivity index (χ3v) is 1.70. The first kappa shape index (κ1) is 8.26. The fourth-order valence-corrected chi connectivity index (χ4v) is 0.844. The van der Waals surface area contributed by atoms with Crippen LogP contribution in [0.5, 0.6) is 0 Å². The first-order valence-electron chi connectivity index (χ1n) is 2.79. The molecule has 0 aliphatic carbocycles. The molecule has 2 N–H and O–H groups in total. The number of alkyl halides is 1. The molecule has 1 aliphatic rings. The van der Waals surface area contributed by atoms with Gasteiger partial charge in [0, 0.05) is 10.7 Å². The highest BCUT2D eigenvalue weighted by Crippen LogP contribution is 2.18. The van der Waals surface area contributed by atoms with E-state index in [9.17, 15) is 9.18 Å². The summed E-state index contributed by atoms with van der Waals surface area (Å²) in [7, 11) is 0. The molecule has 60 valence electrons. The Hall–Kier alpha value is -0.840. The van der Waals surface area contributed by atoms with Crippen LogP contribution in [0.15, 0.2) is 22.8 Å². The molecule has 0 spiro atoms. The van der Waals surface area contributed by atoms with Gasteiger partial charge in [-0.3, -0.25) is 0 Å². The molecule has 0 fully saturated rings. The molecular weight excluding hydrogens is 217 g/mol. The molecule has 0 aromatic heterocycles. The van der Waals surface area contributed by atoms with Gasteiger partial charge < -0.3 is 10.4 Å². The Morgan fingerprint density at radius 3 is 2.82 bits per heavy atom. The van der Waals surface area contributed by atoms with Crippen LogP contribution in [0.2, 0.25) is 0 Å². The van der Waals surface area contributed by atoms with Crippen LogP contribution in [0.4, 0.5) is 4.39 Å². The zero-order chi connectivity index (χ0) is 8.48. The first-order valence-corrected chi connectivity index (χ1v) is 3.59. The van der Waals surface area contributed by atoms with Gasteiger partial charge in [-0.1, -0.05) is 0 Å². The van der Waals surface area contributed by atoms with E-state index in [4.69, 9.17) is 5.11 Å². The van der Waals surface area contributed by atoms with Crippen molar-refractivity contribution < 1.29 is 14.3 Å². The van der Waals surface area contributed by atoms with Crippen molar-refractivity contribution in [2.75, 3.05) is 0 Å². The van der Waals surface area contributed by atoms with Crippen molar-refractivity contribution in [3.05, 3.63) is 22.8 Å². The van der Waals surface area contributed by atoms with E-state index in [1.54, 1.807) is 0 Å². The van der Waals surface area contributed by atoms with Crippen LogP contribution in [-0.2, 0) is 4.79 Å². The van der Waals surface area contributed by atoms with Gasteiger partial charge >= 0.3 is 5.97 Å². The van der Waals surface area contributed by atoms with Gasteiger partial charge in [-0.2, -0.15) is 0 Å². The molecule has 0 bridgehead atoms. The Labute approximate surface area is 70.7 Å². The first-order chi connectivity index (χ1) is 5.04. The minimum atomic E-state index is -2.46. The van der Waals surface area contributed by atoms with Crippen molar-refractivity contribution in [2.24, 2.45) is 0 Å². The Kier molecular flexibility index (Phi) is 1.99. The van der Waals surface area contributed by atoms with E-state index in [2.05, 4.69) is 21.2 Å². The predicted octanol–water partition coefficient (Wildman–Crippen LogP) is 1.13. The van der Waals surface area contributed by atoms with Gasteiger partial charge in [-0.25, -0.2) is 9.18 Å². The van der Waals surface area contributed by atoms with Crippen molar-refractivity contribution in [1.29, 1.82) is 0 Å². The van der Waals surface area contributed by atoms with Crippen molar-refractivity contribution in [2.45, 2.75) is 5.79 Å². The maximum absolute atomic E-state index is 13.0. The van der Waals surface area contributed by atoms with Gasteiger partial charge in [0.15, 0.2) is 0 Å². The molecule has 5 heteroatoms. The van der Waals surface area contributed by atoms with Gasteiger partial charge in [0.25, 0.3) is 5.79 Å². The number of dihydropyridines is 1. The van der Waals surface area contributed by atoms with Crippen LogP contribution in [-0.4, -0.2) is 16.9 Å². The van der Waals surface area contributed by atoms with E-state index < -0.39 is 11.8 Å². The van der Waals surface area contributed by atoms with Gasteiger partial charge in [0.1, 0.15) is 0 Å². The standard InChI is InChI=1S/C6H5BrFNO2/c7-4-1-2-6(8,5(10)11)9-3-4/h1-3,9H,(H,10,11). The van der Waals surface area contributed by atoms with Gasteiger partial charge in [-0.15, -0.1) is 0 Å². The van der Waals surface area contributed by atoms with Crippen LogP contribution < -0.4 is 5.32 Å². The number of nitrogens with one attached hydrogen (secondary N) is 1. The number of allylic oxidation sites excluding steroid dienone is 2. The van der Waals surface area contributed by atoms with Gasteiger partial charge in [0.05, 0.1) is 0 Å². The Morgan fingerprint density at radius 1 is 1.82 bits per heavy atom. The summed E-state index contributed by atoms with van der Waals surface area (Å²) in [6, 6.07) is 0. The predicted molar refractivity (Wildman–Crippen MR) is 40.8 cm³/mol. The molecule has 1 atom stereocenters. The summed E-state index contributed by atoms with van der Waals surface area (Å²) >= 11 is 3.04. The molecule has 3 nitrogen and oxygen atoms in total. The molecule has 1 heterocycles. The summed E-state index contributed by atoms with van der Waals surface area (Å²) < 4.78 is 13.6. The Bertz CT molecular complexity index is 251. The molecule has 0 radical (unpaired) electrons. The average molecular weight is 222 g/mol. The second kappa shape index (κ2) is 2.65. The summed E-state index contributed by atoms with van der Waals surface area (Å²) in [6.45, 7) is 0. The van der Waals surface area contributed by atoms with Crippen LogP contribution in [0, 0.1) is 0 Å². The Morgan fingerprint density at radius 2 is 2.45 bits per heavy atom. The second-order valence-corrected chi connectivity index (χ2v) is 2.94. The molecule has 1 aliphatic heterocycles. The Balaban J connectivity index is 2.82. The SMILES string of the molecule is O=C(O)C1(F)C=CC(Br)=CN1. The van der Waals surface area contributed by atoms with Gasteiger partial charge in [0.2, 0.25) is 0 Å². The maximum Gasteiger partial charge on any atom is 0.366 e. The molecular formula is C6H5BrFNO2. The average Bonchev–Trinajstić information content (AvgIpc) is 1.95. The minimum absolute atomic E-state index is 0.604. The number of carbonyl (C=O) groups is 1. The van der Waals surface area contributed by atoms with E-state index in [-0.39, 0.29) is 0 Å². The second-order valence-electron chi connectivity index (χ2n) is 2.02. The monoisotopic (exact) mass is 221 g/mol. The summed E-state index contributed by atoms with van der Waals surface area (Å²) in [5.74, 6) is -4.01. The fourth-order valence-electron chi connectivity index (χ4n) is 0.598. The number of rotatable bonds is 1. The number of halogens is 2. The maximum atomic E-state index is 13.0. The van der Waals surface area contributed by atoms with Crippen molar-refractivity contribution in [3.8, 4) is 0 Å². The third-order valence-electron chi connectivity index (χ3n) is 1.20. The summed E-state index contributed by atoms with van der Waals surface area (Å²) in [5.41, 5.74) is 0. The quantitative estimate of drug-likeness (QED) is 0.654. The molecule has 1 unspecified atom stereocenters. The number of carboxylic acid groups (broad SMARTS) is 1. The third kappa shape index (κ3) is 1.59. The highest BCUT2D eigenvalue weighted by molar-refractivity contribution is 9.11. The lowest BCUT2D eigenvalue weighted by atomic mass is 10.2. The fraction of sp³-hybridized carbons (Fsp3) is 0.167. The molecule has 0 aromatic rings. The molecule has 0 aromatic carbocycles. The topological polar surface area (TPSA) is 49.3 Å². The van der Waals surface area contributed by atoms with Crippen LogP contribution in [0.1, 0.15) is 0 Å². The normalized spacial score (nSPS) is 29.1. The number of hydrogen-bond acceptors (Lipinski definition) is 2. The lowest BCUT2D eigenvalue weighted by Gasteiger charge is -2.19. The highest BCUT2D eigenvalue weighted by Gasteiger charge is 2.35.